The summed E-state index contributed by atoms with van der Waals surface area (Å²) in [6, 6.07) is -0.321. The number of carbonyl (C=O) groups excluding carboxylic acids is 1. The van der Waals surface area contributed by atoms with Gasteiger partial charge in [-0.05, 0) is 0 Å². The van der Waals surface area contributed by atoms with Crippen molar-refractivity contribution in [2.24, 2.45) is 0 Å². The molecule has 2 aliphatic rings. The molecule has 2 heterocycles. The molecule has 0 spiro atoms. The first-order valence-corrected chi connectivity index (χ1v) is 6.62. The second-order valence-electron chi connectivity index (χ2n) is 4.99. The molecule has 2 aliphatic heterocycles. The van der Waals surface area contributed by atoms with E-state index in [2.05, 4.69) is 4.90 Å². The summed E-state index contributed by atoms with van der Waals surface area (Å²) in [5.41, 5.74) is 0. The zero-order chi connectivity index (χ0) is 13.0. The Balaban J connectivity index is 1.73. The number of carbonyl (C=O) groups is 1. The first-order valence-electron chi connectivity index (χ1n) is 6.62. The Bertz CT molecular complexity index is 279. The fraction of sp³-hybridized carbons (Fsp3) is 0.917. The number of ether oxygens (including phenoxy) is 1. The maximum absolute atomic E-state index is 11.9. The van der Waals surface area contributed by atoms with Crippen molar-refractivity contribution in [2.45, 2.75) is 25.0 Å². The van der Waals surface area contributed by atoms with Crippen LogP contribution in [-0.4, -0.2) is 84.1 Å². The quantitative estimate of drug-likeness (QED) is 0.303. The van der Waals surface area contributed by atoms with Crippen molar-refractivity contribution >= 4 is 5.97 Å². The van der Waals surface area contributed by atoms with Crippen molar-refractivity contribution in [3.8, 4) is 0 Å². The van der Waals surface area contributed by atoms with Gasteiger partial charge in [-0.1, -0.05) is 0 Å². The van der Waals surface area contributed by atoms with Crippen molar-refractivity contribution in [2.75, 3.05) is 45.9 Å². The van der Waals surface area contributed by atoms with Gasteiger partial charge in [-0.3, -0.25) is 14.6 Å². The zero-order valence-electron chi connectivity index (χ0n) is 10.6. The maximum atomic E-state index is 11.9. The lowest BCUT2D eigenvalue weighted by Crippen LogP contribution is -2.36. The topological polar surface area (TPSA) is 72.8 Å². The van der Waals surface area contributed by atoms with E-state index in [1.165, 1.54) is 0 Å². The molecule has 0 radical (unpaired) electrons. The number of esters is 1. The standard InChI is InChI=1S/C12H22N2O4/c15-6-1-7-18-12(17)11(14-4-5-14)8-10(16)9-13-2-3-13/h10-11,15-16H,1-9H2. The minimum absolute atomic E-state index is 0.0270. The molecule has 2 saturated heterocycles. The Morgan fingerprint density at radius 2 is 2.00 bits per heavy atom. The largest absolute Gasteiger partial charge is 0.464 e. The summed E-state index contributed by atoms with van der Waals surface area (Å²) in [4.78, 5) is 16.0. The van der Waals surface area contributed by atoms with Crippen LogP contribution in [0, 0.1) is 0 Å². The number of aliphatic hydroxyl groups is 2. The Kier molecular flexibility index (Phi) is 4.94. The van der Waals surface area contributed by atoms with Crippen LogP contribution in [0.4, 0.5) is 0 Å². The molecule has 2 unspecified atom stereocenters. The van der Waals surface area contributed by atoms with Gasteiger partial charge in [-0.2, -0.15) is 0 Å². The van der Waals surface area contributed by atoms with Crippen LogP contribution >= 0.6 is 0 Å². The lowest BCUT2D eigenvalue weighted by atomic mass is 10.1. The molecule has 2 rings (SSSR count). The van der Waals surface area contributed by atoms with Gasteiger partial charge in [0.25, 0.3) is 0 Å². The molecule has 0 saturated carbocycles. The minimum atomic E-state index is -0.469. The van der Waals surface area contributed by atoms with Gasteiger partial charge in [0.1, 0.15) is 6.04 Å². The van der Waals surface area contributed by atoms with Gasteiger partial charge < -0.3 is 14.9 Å². The molecular formula is C12H22N2O4. The van der Waals surface area contributed by atoms with Gasteiger partial charge in [0.2, 0.25) is 0 Å². The summed E-state index contributed by atoms with van der Waals surface area (Å²) in [5, 5.41) is 18.6. The number of hydrogen-bond acceptors (Lipinski definition) is 6. The summed E-state index contributed by atoms with van der Waals surface area (Å²) in [7, 11) is 0. The van der Waals surface area contributed by atoms with Gasteiger partial charge in [0.15, 0.2) is 0 Å². The van der Waals surface area contributed by atoms with E-state index in [4.69, 9.17) is 9.84 Å². The molecule has 2 atom stereocenters. The van der Waals surface area contributed by atoms with E-state index < -0.39 is 6.10 Å². The lowest BCUT2D eigenvalue weighted by Gasteiger charge is -2.20. The van der Waals surface area contributed by atoms with E-state index in [0.717, 1.165) is 26.2 Å². The highest BCUT2D eigenvalue weighted by Gasteiger charge is 2.36. The molecule has 6 nitrogen and oxygen atoms in total. The Hall–Kier alpha value is -0.690. The summed E-state index contributed by atoms with van der Waals surface area (Å²) in [6.45, 7) is 4.82. The third-order valence-electron chi connectivity index (χ3n) is 3.25. The molecule has 0 aromatic rings. The molecule has 104 valence electrons. The zero-order valence-corrected chi connectivity index (χ0v) is 10.6. The van der Waals surface area contributed by atoms with E-state index >= 15 is 0 Å². The van der Waals surface area contributed by atoms with E-state index in [0.29, 0.717) is 19.4 Å². The van der Waals surface area contributed by atoms with Crippen LogP contribution in [0.3, 0.4) is 0 Å². The van der Waals surface area contributed by atoms with E-state index in [1.54, 1.807) is 0 Å². The van der Waals surface area contributed by atoms with E-state index in [1.807, 2.05) is 4.90 Å². The van der Waals surface area contributed by atoms with Gasteiger partial charge in [0.05, 0.1) is 12.7 Å². The first kappa shape index (κ1) is 13.7. The van der Waals surface area contributed by atoms with Crippen molar-refractivity contribution < 1.29 is 19.7 Å². The van der Waals surface area contributed by atoms with E-state index in [-0.39, 0.29) is 25.2 Å². The van der Waals surface area contributed by atoms with Crippen LogP contribution in [0.1, 0.15) is 12.8 Å². The lowest BCUT2D eigenvalue weighted by molar-refractivity contribution is -0.149. The SMILES string of the molecule is O=C(OCCCO)C(CC(O)CN1CC1)N1CC1. The molecular weight excluding hydrogens is 236 g/mol. The molecule has 6 heteroatoms. The first-order chi connectivity index (χ1) is 8.70. The number of hydrogen-bond donors (Lipinski definition) is 2. The molecule has 0 aliphatic carbocycles. The summed E-state index contributed by atoms with van der Waals surface area (Å²) in [6.07, 6.45) is 0.437. The fourth-order valence-corrected chi connectivity index (χ4v) is 1.98. The summed E-state index contributed by atoms with van der Waals surface area (Å²) >= 11 is 0. The van der Waals surface area contributed by atoms with Crippen LogP contribution in [0.15, 0.2) is 0 Å². The average Bonchev–Trinajstić information content (AvgIpc) is 3.19. The second kappa shape index (κ2) is 6.47. The van der Waals surface area contributed by atoms with Crippen LogP contribution < -0.4 is 0 Å². The Morgan fingerprint density at radius 3 is 2.56 bits per heavy atom. The number of rotatable bonds is 9. The highest BCUT2D eigenvalue weighted by Crippen LogP contribution is 2.18. The van der Waals surface area contributed by atoms with Crippen LogP contribution in [0.5, 0.6) is 0 Å². The van der Waals surface area contributed by atoms with Crippen LogP contribution in [-0.2, 0) is 9.53 Å². The minimum Gasteiger partial charge on any atom is -0.464 e. The van der Waals surface area contributed by atoms with Crippen LogP contribution in [0.25, 0.3) is 0 Å². The monoisotopic (exact) mass is 258 g/mol. The number of aliphatic hydroxyl groups excluding tert-OH is 2. The molecule has 0 bridgehead atoms. The smallest absolute Gasteiger partial charge is 0.323 e. The van der Waals surface area contributed by atoms with Crippen molar-refractivity contribution in [1.82, 2.24) is 9.80 Å². The fourth-order valence-electron chi connectivity index (χ4n) is 1.98. The molecule has 0 aromatic heterocycles. The van der Waals surface area contributed by atoms with Gasteiger partial charge in [-0.15, -0.1) is 0 Å². The average molecular weight is 258 g/mol. The van der Waals surface area contributed by atoms with E-state index in [9.17, 15) is 9.90 Å². The summed E-state index contributed by atoms with van der Waals surface area (Å²) < 4.78 is 5.10. The van der Waals surface area contributed by atoms with Crippen molar-refractivity contribution in [3.63, 3.8) is 0 Å². The van der Waals surface area contributed by atoms with Crippen molar-refractivity contribution in [3.05, 3.63) is 0 Å². The molecule has 2 N–H and O–H groups in total. The summed E-state index contributed by atoms with van der Waals surface area (Å²) in [5.74, 6) is -0.272. The van der Waals surface area contributed by atoms with Gasteiger partial charge in [0, 0.05) is 52.2 Å². The molecule has 2 fully saturated rings. The Morgan fingerprint density at radius 1 is 1.28 bits per heavy atom. The third-order valence-corrected chi connectivity index (χ3v) is 3.25. The molecule has 0 amide bonds. The number of β-amino-alcohol motifs (C(OH)–C–C–N with tert-alkyl or cyclic N) is 1. The third kappa shape index (κ3) is 4.53. The van der Waals surface area contributed by atoms with Gasteiger partial charge >= 0.3 is 5.97 Å². The predicted octanol–water partition coefficient (Wildman–Crippen LogP) is -1.34. The van der Waals surface area contributed by atoms with Gasteiger partial charge in [-0.25, -0.2) is 0 Å². The Labute approximate surface area is 107 Å². The number of nitrogens with zero attached hydrogens (tertiary/aromatic N) is 2. The predicted molar refractivity (Wildman–Crippen MR) is 65.1 cm³/mol. The highest BCUT2D eigenvalue weighted by atomic mass is 16.5. The highest BCUT2D eigenvalue weighted by molar-refractivity contribution is 5.76. The van der Waals surface area contributed by atoms with Crippen molar-refractivity contribution in [1.29, 1.82) is 0 Å². The second-order valence-corrected chi connectivity index (χ2v) is 4.99. The molecule has 0 aromatic carbocycles. The van der Waals surface area contributed by atoms with Crippen LogP contribution in [0.2, 0.25) is 0 Å². The molecule has 18 heavy (non-hydrogen) atoms. The normalized spacial score (nSPS) is 22.6. The maximum Gasteiger partial charge on any atom is 0.323 e.